The maximum Gasteiger partial charge on any atom is 0.331 e. The number of fused-ring (bicyclic) bond motifs is 1. The second-order valence-corrected chi connectivity index (χ2v) is 12.0. The molecule has 54 heavy (non-hydrogen) atoms. The predicted molar refractivity (Wildman–Crippen MR) is 189 cm³/mol. The molecule has 1 saturated heterocycles. The molecule has 1 aliphatic heterocycles. The minimum Gasteiger partial charge on any atom is -0.508 e. The van der Waals surface area contributed by atoms with Crippen molar-refractivity contribution < 1.29 is 68.7 Å². The third-order valence-corrected chi connectivity index (χ3v) is 8.18. The summed E-state index contributed by atoms with van der Waals surface area (Å²) in [6.45, 7) is -0.666. The van der Waals surface area contributed by atoms with Crippen molar-refractivity contribution in [2.24, 2.45) is 0 Å². The van der Waals surface area contributed by atoms with Gasteiger partial charge < -0.3 is 59.1 Å². The summed E-state index contributed by atoms with van der Waals surface area (Å²) in [7, 11) is 0. The van der Waals surface area contributed by atoms with Gasteiger partial charge in [-0.2, -0.15) is 0 Å². The van der Waals surface area contributed by atoms with Crippen LogP contribution < -0.4 is 10.2 Å². The van der Waals surface area contributed by atoms with E-state index in [1.807, 2.05) is 0 Å². The van der Waals surface area contributed by atoms with Crippen LogP contribution in [-0.4, -0.2) is 85.0 Å². The largest absolute Gasteiger partial charge is 0.508 e. The fourth-order valence-electron chi connectivity index (χ4n) is 5.46. The molecule has 0 aliphatic carbocycles. The van der Waals surface area contributed by atoms with Crippen LogP contribution in [0.25, 0.3) is 34.4 Å². The quantitative estimate of drug-likeness (QED) is 0.0798. The molecule has 0 amide bonds. The van der Waals surface area contributed by atoms with Crippen molar-refractivity contribution in [3.63, 3.8) is 0 Å². The van der Waals surface area contributed by atoms with Crippen LogP contribution in [0.1, 0.15) is 11.1 Å². The van der Waals surface area contributed by atoms with Gasteiger partial charge in [0.15, 0.2) is 18.0 Å². The monoisotopic (exact) mass is 740 g/mol. The van der Waals surface area contributed by atoms with Crippen LogP contribution in [-0.2, 0) is 23.8 Å². The number of benzene rings is 4. The predicted octanol–water partition coefficient (Wildman–Crippen LogP) is 3.70. The summed E-state index contributed by atoms with van der Waals surface area (Å²) in [6, 6.07) is 19.0. The van der Waals surface area contributed by atoms with Crippen LogP contribution in [0.5, 0.6) is 34.5 Å². The smallest absolute Gasteiger partial charge is 0.331 e. The Balaban J connectivity index is 1.32. The summed E-state index contributed by atoms with van der Waals surface area (Å²) in [5.74, 6) is -4.01. The first-order valence-corrected chi connectivity index (χ1v) is 16.2. The Kier molecular flexibility index (Phi) is 10.8. The van der Waals surface area contributed by atoms with Crippen molar-refractivity contribution in [1.29, 1.82) is 0 Å². The van der Waals surface area contributed by atoms with E-state index in [0.717, 1.165) is 24.3 Å². The van der Waals surface area contributed by atoms with E-state index in [1.165, 1.54) is 72.8 Å². The van der Waals surface area contributed by atoms with Crippen LogP contribution in [0, 0.1) is 0 Å². The van der Waals surface area contributed by atoms with Gasteiger partial charge in [0.05, 0.1) is 0 Å². The maximum absolute atomic E-state index is 13.9. The van der Waals surface area contributed by atoms with Gasteiger partial charge in [0.2, 0.25) is 17.5 Å². The Morgan fingerprint density at radius 2 is 1.26 bits per heavy atom. The molecule has 4 aromatic carbocycles. The first-order valence-electron chi connectivity index (χ1n) is 16.2. The lowest BCUT2D eigenvalue weighted by Crippen LogP contribution is -2.61. The molecule has 0 radical (unpaired) electrons. The lowest BCUT2D eigenvalue weighted by Gasteiger charge is -2.41. The van der Waals surface area contributed by atoms with Crippen molar-refractivity contribution in [2.45, 2.75) is 30.7 Å². The zero-order chi connectivity index (χ0) is 38.5. The van der Waals surface area contributed by atoms with E-state index in [0.29, 0.717) is 11.1 Å². The van der Waals surface area contributed by atoms with Gasteiger partial charge in [-0.3, -0.25) is 4.79 Å². The maximum atomic E-state index is 13.9. The fourth-order valence-corrected chi connectivity index (χ4v) is 5.46. The summed E-state index contributed by atoms with van der Waals surface area (Å²) in [4.78, 5) is 39.5. The van der Waals surface area contributed by atoms with Crippen LogP contribution in [0.3, 0.4) is 0 Å². The summed E-state index contributed by atoms with van der Waals surface area (Å²) >= 11 is 0. The Morgan fingerprint density at radius 3 is 1.85 bits per heavy atom. The van der Waals surface area contributed by atoms with E-state index in [4.69, 9.17) is 23.4 Å². The molecule has 0 bridgehead atoms. The topological polar surface area (TPSA) is 243 Å². The van der Waals surface area contributed by atoms with Gasteiger partial charge >= 0.3 is 11.9 Å². The molecule has 2 heterocycles. The number of phenols is 5. The van der Waals surface area contributed by atoms with Gasteiger partial charge in [-0.1, -0.05) is 24.3 Å². The standard InChI is InChI=1S/C39H32O15/c40-23-9-1-20(2-10-23)5-15-30(45)50-19-29-33(47)37(53-31(46)16-6-21-3-11-24(41)12-4-21)35(49)39(52-29)54-38-34(48)32-27(44)17-26(43)18-28(32)51-36(38)22-7-13-25(42)14-8-22/h1-18,29,33,35,37,39-44,47,49H,19H2/b15-5-,16-6+/t29?,33-,35?,37-,39+/m1/s1. The number of hydrogen-bond acceptors (Lipinski definition) is 15. The zero-order valence-electron chi connectivity index (χ0n) is 27.9. The highest BCUT2D eigenvalue weighted by atomic mass is 16.7. The van der Waals surface area contributed by atoms with E-state index in [-0.39, 0.29) is 34.2 Å². The number of aliphatic hydroxyl groups excluding tert-OH is 2. The lowest BCUT2D eigenvalue weighted by molar-refractivity contribution is -0.281. The van der Waals surface area contributed by atoms with Gasteiger partial charge in [-0.25, -0.2) is 9.59 Å². The first kappa shape index (κ1) is 37.0. The van der Waals surface area contributed by atoms with Crippen molar-refractivity contribution in [2.75, 3.05) is 6.61 Å². The second-order valence-electron chi connectivity index (χ2n) is 12.0. The number of carbonyl (C=O) groups is 2. The molecule has 1 aliphatic rings. The van der Waals surface area contributed by atoms with E-state index >= 15 is 0 Å². The number of aliphatic hydroxyl groups is 2. The number of ether oxygens (including phenoxy) is 4. The number of aromatic hydroxyl groups is 5. The number of rotatable bonds is 10. The van der Waals surface area contributed by atoms with Crippen LogP contribution in [0.4, 0.5) is 0 Å². The Hall–Kier alpha value is -6.81. The Labute approximate surface area is 305 Å². The van der Waals surface area contributed by atoms with E-state index in [2.05, 4.69) is 0 Å². The molecule has 7 N–H and O–H groups in total. The van der Waals surface area contributed by atoms with E-state index < -0.39 is 77.3 Å². The molecular formula is C39H32O15. The molecule has 0 spiro atoms. The van der Waals surface area contributed by atoms with Crippen molar-refractivity contribution >= 4 is 35.1 Å². The van der Waals surface area contributed by atoms with Crippen LogP contribution >= 0.6 is 0 Å². The van der Waals surface area contributed by atoms with Gasteiger partial charge in [0.25, 0.3) is 0 Å². The fraction of sp³-hybridized carbons (Fsp3) is 0.154. The van der Waals surface area contributed by atoms with Crippen molar-refractivity contribution in [3.05, 3.63) is 118 Å². The van der Waals surface area contributed by atoms with Crippen molar-refractivity contribution in [1.82, 2.24) is 0 Å². The van der Waals surface area contributed by atoms with Crippen LogP contribution in [0.15, 0.2) is 106 Å². The molecule has 1 fully saturated rings. The summed E-state index contributed by atoms with van der Waals surface area (Å²) in [5, 5.41) is 71.7. The molecular weight excluding hydrogens is 708 g/mol. The Morgan fingerprint density at radius 1 is 0.704 bits per heavy atom. The van der Waals surface area contributed by atoms with Gasteiger partial charge in [-0.15, -0.1) is 0 Å². The van der Waals surface area contributed by atoms with E-state index in [9.17, 15) is 50.1 Å². The lowest BCUT2D eigenvalue weighted by atomic mass is 9.98. The zero-order valence-corrected chi connectivity index (χ0v) is 27.9. The number of hydrogen-bond donors (Lipinski definition) is 7. The highest BCUT2D eigenvalue weighted by Crippen LogP contribution is 2.38. The summed E-state index contributed by atoms with van der Waals surface area (Å²) in [6.07, 6.45) is -4.24. The molecule has 5 aromatic rings. The Bertz CT molecular complexity index is 2260. The third-order valence-electron chi connectivity index (χ3n) is 8.18. The highest BCUT2D eigenvalue weighted by Gasteiger charge is 2.49. The highest BCUT2D eigenvalue weighted by molar-refractivity contribution is 5.89. The second kappa shape index (κ2) is 15.8. The van der Waals surface area contributed by atoms with Gasteiger partial charge in [-0.05, 0) is 71.8 Å². The van der Waals surface area contributed by atoms with E-state index in [1.54, 1.807) is 12.1 Å². The van der Waals surface area contributed by atoms with Crippen molar-refractivity contribution in [3.8, 4) is 45.8 Å². The molecule has 1 aromatic heterocycles. The first-order chi connectivity index (χ1) is 25.9. The SMILES string of the molecule is O=C(/C=C\c1ccc(O)cc1)OCC1O[C@@H](Oc2c(-c3ccc(O)cc3)oc3cc(O)cc(O)c3c2=O)C(O)[C@H](OC(=O)/C=C/c2ccc(O)cc2)[C@@H]1O. The molecule has 15 nitrogen and oxygen atoms in total. The molecule has 0 saturated carbocycles. The summed E-state index contributed by atoms with van der Waals surface area (Å²) in [5.41, 5.74) is 0.00793. The summed E-state index contributed by atoms with van der Waals surface area (Å²) < 4.78 is 28.3. The third kappa shape index (κ3) is 8.45. The average molecular weight is 741 g/mol. The number of carbonyl (C=O) groups excluding carboxylic acids is 2. The minimum absolute atomic E-state index is 0.000756. The van der Waals surface area contributed by atoms with Gasteiger partial charge in [0.1, 0.15) is 58.5 Å². The molecule has 6 rings (SSSR count). The molecule has 5 atom stereocenters. The van der Waals surface area contributed by atoms with Gasteiger partial charge in [0, 0.05) is 29.8 Å². The molecule has 15 heteroatoms. The molecule has 2 unspecified atom stereocenters. The minimum atomic E-state index is -2.00. The number of esters is 2. The number of phenolic OH excluding ortho intramolecular Hbond substituents is 5. The molecule has 278 valence electrons. The van der Waals surface area contributed by atoms with Crippen LogP contribution in [0.2, 0.25) is 0 Å². The normalized spacial score (nSPS) is 19.9. The average Bonchev–Trinajstić information content (AvgIpc) is 3.14.